The molecule has 1 aromatic carbocycles. The van der Waals surface area contributed by atoms with Crippen LogP contribution in [-0.2, 0) is 6.18 Å². The predicted molar refractivity (Wildman–Crippen MR) is 135 cm³/mol. The lowest BCUT2D eigenvalue weighted by molar-refractivity contribution is -0.143. The molecule has 1 aliphatic rings. The highest BCUT2D eigenvalue weighted by Gasteiger charge is 2.40. The van der Waals surface area contributed by atoms with E-state index in [1.807, 2.05) is 11.8 Å². The molecule has 9 nitrogen and oxygen atoms in total. The van der Waals surface area contributed by atoms with E-state index in [-0.39, 0.29) is 41.2 Å². The third-order valence-corrected chi connectivity index (χ3v) is 7.15. The lowest BCUT2D eigenvalue weighted by Gasteiger charge is -2.42. The van der Waals surface area contributed by atoms with Crippen LogP contribution in [0.1, 0.15) is 40.3 Å². The molecule has 1 fully saturated rings. The number of aliphatic hydroxyl groups excluding tert-OH is 1. The van der Waals surface area contributed by atoms with E-state index < -0.39 is 17.8 Å². The van der Waals surface area contributed by atoms with Crippen LogP contribution in [0.2, 0.25) is 0 Å². The van der Waals surface area contributed by atoms with Gasteiger partial charge in [-0.3, -0.25) is 9.69 Å². The fourth-order valence-corrected chi connectivity index (χ4v) is 5.18. The lowest BCUT2D eigenvalue weighted by atomic mass is 10.0. The second-order valence-corrected chi connectivity index (χ2v) is 9.51. The molecule has 1 saturated heterocycles. The van der Waals surface area contributed by atoms with Crippen LogP contribution in [0.15, 0.2) is 53.3 Å². The van der Waals surface area contributed by atoms with Gasteiger partial charge in [0.25, 0.3) is 5.91 Å². The summed E-state index contributed by atoms with van der Waals surface area (Å²) in [6.07, 6.45) is -2.05. The molecule has 0 spiro atoms. The number of hydrogen-bond acceptors (Lipinski definition) is 7. The van der Waals surface area contributed by atoms with E-state index in [0.717, 1.165) is 6.20 Å². The van der Waals surface area contributed by atoms with Crippen molar-refractivity contribution in [1.29, 1.82) is 0 Å². The third kappa shape index (κ3) is 4.85. The normalized spacial score (nSPS) is 17.5. The van der Waals surface area contributed by atoms with Gasteiger partial charge in [0.1, 0.15) is 17.1 Å². The number of hydrogen-bond donors (Lipinski definition) is 1. The predicted octanol–water partition coefficient (Wildman–Crippen LogP) is 4.21. The van der Waals surface area contributed by atoms with Gasteiger partial charge in [-0.15, -0.1) is 0 Å². The molecule has 39 heavy (non-hydrogen) atoms. The van der Waals surface area contributed by atoms with E-state index in [0.29, 0.717) is 41.2 Å². The second-order valence-electron chi connectivity index (χ2n) is 9.51. The minimum absolute atomic E-state index is 0.0136. The summed E-state index contributed by atoms with van der Waals surface area (Å²) in [6, 6.07) is 9.41. The molecule has 1 N–H and O–H groups in total. The number of amides is 1. The zero-order valence-electron chi connectivity index (χ0n) is 21.6. The monoisotopic (exact) mass is 543 g/mol. The average Bonchev–Trinajstić information content (AvgIpc) is 3.58. The highest BCUT2D eigenvalue weighted by molar-refractivity contribution is 6.00. The highest BCUT2D eigenvalue weighted by atomic mass is 19.4. The van der Waals surface area contributed by atoms with Crippen molar-refractivity contribution in [2.24, 2.45) is 0 Å². The summed E-state index contributed by atoms with van der Waals surface area (Å²) in [5, 5.41) is 13.9. The van der Waals surface area contributed by atoms with Gasteiger partial charge in [0, 0.05) is 36.8 Å². The standard InChI is InChI=1S/C27H28F3N5O4/c1-16-14-33(21(15-36)22-5-4-12-39-22)10-11-34(16)26(37)20-13-31-35-24(27(28,29)30)17(2)23(32-25(20)35)18-6-8-19(38-3)9-7-18/h4-9,12-13,16,21,36H,10-11,14-15H2,1-3H3/t16-,21?/m1/s1. The maximum Gasteiger partial charge on any atom is 0.433 e. The number of furan rings is 1. The molecular weight excluding hydrogens is 515 g/mol. The number of aromatic nitrogens is 3. The zero-order chi connectivity index (χ0) is 27.9. The van der Waals surface area contributed by atoms with Crippen molar-refractivity contribution in [3.05, 3.63) is 71.4 Å². The van der Waals surface area contributed by atoms with E-state index in [4.69, 9.17) is 9.15 Å². The topological polar surface area (TPSA) is 96.3 Å². The third-order valence-electron chi connectivity index (χ3n) is 7.15. The van der Waals surface area contributed by atoms with Gasteiger partial charge in [0.15, 0.2) is 11.3 Å². The van der Waals surface area contributed by atoms with Crippen LogP contribution in [0.3, 0.4) is 0 Å². The summed E-state index contributed by atoms with van der Waals surface area (Å²) in [5.74, 6) is 0.718. The van der Waals surface area contributed by atoms with E-state index in [1.54, 1.807) is 41.3 Å². The maximum absolute atomic E-state index is 14.3. The Labute approximate surface area is 222 Å². The van der Waals surface area contributed by atoms with Crippen LogP contribution in [0.4, 0.5) is 13.2 Å². The van der Waals surface area contributed by atoms with Gasteiger partial charge in [-0.25, -0.2) is 9.50 Å². The number of methoxy groups -OCH3 is 1. The fraction of sp³-hybridized carbons (Fsp3) is 0.370. The Morgan fingerprint density at radius 2 is 1.97 bits per heavy atom. The zero-order valence-corrected chi connectivity index (χ0v) is 21.6. The number of piperazine rings is 1. The van der Waals surface area contributed by atoms with Crippen LogP contribution in [0.5, 0.6) is 5.75 Å². The van der Waals surface area contributed by atoms with Crippen molar-refractivity contribution in [3.63, 3.8) is 0 Å². The first-order valence-electron chi connectivity index (χ1n) is 12.4. The Hall–Kier alpha value is -3.90. The molecule has 5 rings (SSSR count). The number of fused-ring (bicyclic) bond motifs is 1. The number of carbonyl (C=O) groups is 1. The molecular formula is C27H28F3N5O4. The summed E-state index contributed by atoms with van der Waals surface area (Å²) in [5.41, 5.74) is -0.704. The second kappa shape index (κ2) is 10.3. The Kier molecular flexibility index (Phi) is 7.08. The molecule has 12 heteroatoms. The van der Waals surface area contributed by atoms with Gasteiger partial charge in [-0.05, 0) is 50.2 Å². The summed E-state index contributed by atoms with van der Waals surface area (Å²) < 4.78 is 54.1. The van der Waals surface area contributed by atoms with Crippen molar-refractivity contribution in [1.82, 2.24) is 24.4 Å². The molecule has 0 bridgehead atoms. The first kappa shape index (κ1) is 26.7. The first-order chi connectivity index (χ1) is 18.6. The van der Waals surface area contributed by atoms with Crippen molar-refractivity contribution in [3.8, 4) is 17.0 Å². The number of alkyl halides is 3. The molecule has 0 saturated carbocycles. The quantitative estimate of drug-likeness (QED) is 0.389. The molecule has 4 aromatic rings. The molecule has 4 heterocycles. The molecule has 2 atom stereocenters. The highest BCUT2D eigenvalue weighted by Crippen LogP contribution is 2.37. The Morgan fingerprint density at radius 3 is 2.56 bits per heavy atom. The van der Waals surface area contributed by atoms with Crippen molar-refractivity contribution < 1.29 is 32.2 Å². The SMILES string of the molecule is COc1ccc(-c2nc3c(C(=O)N4CCN(C(CO)c5ccco5)C[C@H]4C)cnn3c(C(F)(F)F)c2C)cc1. The van der Waals surface area contributed by atoms with E-state index >= 15 is 0 Å². The largest absolute Gasteiger partial charge is 0.497 e. The van der Waals surface area contributed by atoms with Gasteiger partial charge < -0.3 is 19.2 Å². The van der Waals surface area contributed by atoms with Crippen LogP contribution in [-0.4, -0.2) is 74.8 Å². The summed E-state index contributed by atoms with van der Waals surface area (Å²) in [4.78, 5) is 21.8. The molecule has 206 valence electrons. The number of halogens is 3. The van der Waals surface area contributed by atoms with Gasteiger partial charge in [0.2, 0.25) is 0 Å². The van der Waals surface area contributed by atoms with Crippen LogP contribution >= 0.6 is 0 Å². The molecule has 3 aromatic heterocycles. The van der Waals surface area contributed by atoms with Gasteiger partial charge in [-0.2, -0.15) is 18.3 Å². The van der Waals surface area contributed by atoms with Crippen molar-refractivity contribution in [2.75, 3.05) is 33.4 Å². The average molecular weight is 544 g/mol. The first-order valence-corrected chi connectivity index (χ1v) is 12.4. The van der Waals surface area contributed by atoms with Gasteiger partial charge in [0.05, 0.1) is 37.9 Å². The van der Waals surface area contributed by atoms with Gasteiger partial charge in [-0.1, -0.05) is 0 Å². The fourth-order valence-electron chi connectivity index (χ4n) is 5.18. The number of aliphatic hydroxyl groups is 1. The molecule has 0 radical (unpaired) electrons. The Balaban J connectivity index is 1.50. The summed E-state index contributed by atoms with van der Waals surface area (Å²) >= 11 is 0. The Bertz CT molecular complexity index is 1470. The van der Waals surface area contributed by atoms with Crippen LogP contribution < -0.4 is 4.74 Å². The lowest BCUT2D eigenvalue weighted by Crippen LogP contribution is -2.55. The molecule has 1 amide bonds. The van der Waals surface area contributed by atoms with Gasteiger partial charge >= 0.3 is 6.18 Å². The number of rotatable bonds is 6. The van der Waals surface area contributed by atoms with Crippen molar-refractivity contribution >= 4 is 11.6 Å². The number of benzene rings is 1. The minimum Gasteiger partial charge on any atom is -0.497 e. The molecule has 1 aliphatic heterocycles. The van der Waals surface area contributed by atoms with E-state index in [1.165, 1.54) is 20.3 Å². The van der Waals surface area contributed by atoms with E-state index in [2.05, 4.69) is 10.1 Å². The van der Waals surface area contributed by atoms with Crippen molar-refractivity contribution in [2.45, 2.75) is 32.1 Å². The van der Waals surface area contributed by atoms with Crippen LogP contribution in [0, 0.1) is 6.92 Å². The Morgan fingerprint density at radius 1 is 1.23 bits per heavy atom. The number of nitrogens with zero attached hydrogens (tertiary/aromatic N) is 5. The number of ether oxygens (including phenoxy) is 1. The number of carbonyl (C=O) groups excluding carboxylic acids is 1. The summed E-state index contributed by atoms with van der Waals surface area (Å²) in [7, 11) is 1.50. The molecule has 0 aliphatic carbocycles. The summed E-state index contributed by atoms with van der Waals surface area (Å²) in [6.45, 7) is 4.23. The smallest absolute Gasteiger partial charge is 0.433 e. The minimum atomic E-state index is -4.73. The van der Waals surface area contributed by atoms with Crippen LogP contribution in [0.25, 0.3) is 16.9 Å². The van der Waals surface area contributed by atoms with E-state index in [9.17, 15) is 23.1 Å². The maximum atomic E-state index is 14.3. The molecule has 1 unspecified atom stereocenters.